The molecule has 50 heavy (non-hydrogen) atoms. The van der Waals surface area contributed by atoms with E-state index >= 15 is 0 Å². The Labute approximate surface area is 289 Å². The monoisotopic (exact) mass is 685 g/mol. The number of aromatic nitrogens is 1. The molecule has 2 N–H and O–H groups in total. The SMILES string of the molecule is CNCCC(Oc1ccc(C(F)(F)F)cc1)c1ccccc1.N#Cc1c[nH]c2c(C(=O)N3CCN(CCc4ccc(F)cc4)CC3)cccc12. The van der Waals surface area contributed by atoms with Crippen LogP contribution in [-0.2, 0) is 12.6 Å². The molecule has 11 heteroatoms. The first-order valence-corrected chi connectivity index (χ1v) is 16.5. The van der Waals surface area contributed by atoms with E-state index in [0.29, 0.717) is 30.0 Å². The molecule has 1 aliphatic heterocycles. The van der Waals surface area contributed by atoms with Crippen molar-refractivity contribution in [2.75, 3.05) is 46.3 Å². The quantitative estimate of drug-likeness (QED) is 0.148. The summed E-state index contributed by atoms with van der Waals surface area (Å²) in [7, 11) is 1.85. The largest absolute Gasteiger partial charge is 0.486 e. The molecule has 1 aliphatic rings. The number of carbonyl (C=O) groups excluding carboxylic acids is 1. The summed E-state index contributed by atoms with van der Waals surface area (Å²) < 4.78 is 56.5. The number of ether oxygens (including phenoxy) is 1. The van der Waals surface area contributed by atoms with Crippen LogP contribution in [0.15, 0.2) is 103 Å². The molecule has 0 spiro atoms. The second kappa shape index (κ2) is 17.0. The van der Waals surface area contributed by atoms with E-state index in [1.807, 2.05) is 72.6 Å². The summed E-state index contributed by atoms with van der Waals surface area (Å²) in [5, 5.41) is 13.0. The van der Waals surface area contributed by atoms with Gasteiger partial charge in [0.1, 0.15) is 23.7 Å². The fourth-order valence-corrected chi connectivity index (χ4v) is 5.83. The highest BCUT2D eigenvalue weighted by atomic mass is 19.4. The van der Waals surface area contributed by atoms with Gasteiger partial charge in [-0.15, -0.1) is 0 Å². The molecule has 2 heterocycles. The second-order valence-electron chi connectivity index (χ2n) is 12.0. The average molecular weight is 686 g/mol. The van der Waals surface area contributed by atoms with Crippen LogP contribution in [0.2, 0.25) is 0 Å². The lowest BCUT2D eigenvalue weighted by atomic mass is 10.1. The van der Waals surface area contributed by atoms with Crippen LogP contribution >= 0.6 is 0 Å². The number of nitrogens with one attached hydrogen (secondary N) is 2. The van der Waals surface area contributed by atoms with E-state index < -0.39 is 11.7 Å². The summed E-state index contributed by atoms with van der Waals surface area (Å²) in [6, 6.07) is 28.7. The molecule has 7 nitrogen and oxygen atoms in total. The first kappa shape index (κ1) is 36.1. The predicted molar refractivity (Wildman–Crippen MR) is 185 cm³/mol. The standard InChI is InChI=1S/C22H21FN4O.C17H18F3NO/c23-18-6-4-16(5-7-18)8-9-26-10-12-27(13-11-26)22(28)20-3-1-2-19-17(14-24)15-25-21(19)20;1-21-12-11-16(13-5-3-2-4-6-13)22-15-9-7-14(8-10-15)17(18,19)20/h1-7,15,25H,8-13H2;2-10,16,21H,11-12H2,1H3. The molecule has 1 amide bonds. The molecule has 1 saturated heterocycles. The van der Waals surface area contributed by atoms with Gasteiger partial charge in [-0.3, -0.25) is 9.69 Å². The molecule has 6 rings (SSSR count). The lowest BCUT2D eigenvalue weighted by molar-refractivity contribution is -0.137. The highest BCUT2D eigenvalue weighted by Gasteiger charge is 2.30. The van der Waals surface area contributed by atoms with Crippen LogP contribution in [0, 0.1) is 17.1 Å². The van der Waals surface area contributed by atoms with Crippen molar-refractivity contribution in [1.82, 2.24) is 20.1 Å². The number of halogens is 4. The molecular formula is C39H39F4N5O2. The van der Waals surface area contributed by atoms with E-state index in [-0.39, 0.29) is 17.8 Å². The Morgan fingerprint density at radius 2 is 1.64 bits per heavy atom. The minimum absolute atomic E-state index is 0.00451. The molecule has 1 aromatic heterocycles. The van der Waals surface area contributed by atoms with Gasteiger partial charge in [-0.1, -0.05) is 54.6 Å². The van der Waals surface area contributed by atoms with Gasteiger partial charge in [0.15, 0.2) is 0 Å². The Bertz CT molecular complexity index is 1860. The van der Waals surface area contributed by atoms with Gasteiger partial charge < -0.3 is 19.9 Å². The second-order valence-corrected chi connectivity index (χ2v) is 12.0. The third kappa shape index (κ3) is 9.49. The molecule has 1 fully saturated rings. The maximum absolute atomic E-state index is 13.0. The van der Waals surface area contributed by atoms with E-state index in [1.165, 1.54) is 24.3 Å². The maximum atomic E-state index is 13.0. The van der Waals surface area contributed by atoms with Crippen LogP contribution in [0.25, 0.3) is 10.9 Å². The number of H-pyrrole nitrogens is 1. The van der Waals surface area contributed by atoms with Crippen molar-refractivity contribution in [3.05, 3.63) is 137 Å². The average Bonchev–Trinajstić information content (AvgIpc) is 3.57. The number of nitriles is 1. The van der Waals surface area contributed by atoms with Gasteiger partial charge in [0.25, 0.3) is 5.91 Å². The summed E-state index contributed by atoms with van der Waals surface area (Å²) >= 11 is 0. The molecule has 0 saturated carbocycles. The highest BCUT2D eigenvalue weighted by molar-refractivity contribution is 6.07. The van der Waals surface area contributed by atoms with Gasteiger partial charge in [0.05, 0.1) is 22.2 Å². The summed E-state index contributed by atoms with van der Waals surface area (Å²) in [5.74, 6) is 0.211. The molecule has 4 aromatic carbocycles. The van der Waals surface area contributed by atoms with Crippen molar-refractivity contribution in [3.63, 3.8) is 0 Å². The molecule has 1 unspecified atom stereocenters. The normalized spacial score (nSPS) is 14.0. The number of hydrogen-bond acceptors (Lipinski definition) is 5. The number of hydrogen-bond donors (Lipinski definition) is 2. The molecule has 260 valence electrons. The van der Waals surface area contributed by atoms with Crippen molar-refractivity contribution in [2.24, 2.45) is 0 Å². The van der Waals surface area contributed by atoms with Crippen LogP contribution < -0.4 is 10.1 Å². The predicted octanol–water partition coefficient (Wildman–Crippen LogP) is 7.61. The van der Waals surface area contributed by atoms with E-state index in [0.717, 1.165) is 73.2 Å². The van der Waals surface area contributed by atoms with Crippen molar-refractivity contribution in [2.45, 2.75) is 25.1 Å². The number of carbonyl (C=O) groups is 1. The molecular weight excluding hydrogens is 646 g/mol. The molecule has 0 bridgehead atoms. The molecule has 1 atom stereocenters. The van der Waals surface area contributed by atoms with Crippen LogP contribution in [0.1, 0.15) is 45.1 Å². The van der Waals surface area contributed by atoms with Gasteiger partial charge in [0.2, 0.25) is 0 Å². The minimum Gasteiger partial charge on any atom is -0.486 e. The Hall–Kier alpha value is -5.18. The highest BCUT2D eigenvalue weighted by Crippen LogP contribution is 2.32. The summed E-state index contributed by atoms with van der Waals surface area (Å²) in [5.41, 5.74) is 3.33. The van der Waals surface area contributed by atoms with E-state index in [2.05, 4.69) is 21.3 Å². The summed E-state index contributed by atoms with van der Waals surface area (Å²) in [6.07, 6.45) is -1.29. The third-order valence-corrected chi connectivity index (χ3v) is 8.64. The number of nitrogens with zero attached hydrogens (tertiary/aromatic N) is 3. The topological polar surface area (TPSA) is 84.4 Å². The zero-order valence-corrected chi connectivity index (χ0v) is 27.7. The van der Waals surface area contributed by atoms with Crippen molar-refractivity contribution in [1.29, 1.82) is 5.26 Å². The zero-order chi connectivity index (χ0) is 35.5. The first-order valence-electron chi connectivity index (χ1n) is 16.5. The van der Waals surface area contributed by atoms with Crippen LogP contribution in [0.5, 0.6) is 5.75 Å². The third-order valence-electron chi connectivity index (χ3n) is 8.64. The number of aromatic amines is 1. The van der Waals surface area contributed by atoms with E-state index in [9.17, 15) is 27.6 Å². The van der Waals surface area contributed by atoms with Crippen LogP contribution in [0.4, 0.5) is 17.6 Å². The smallest absolute Gasteiger partial charge is 0.416 e. The van der Waals surface area contributed by atoms with Gasteiger partial charge in [0, 0.05) is 50.7 Å². The van der Waals surface area contributed by atoms with Crippen molar-refractivity contribution < 1.29 is 27.1 Å². The maximum Gasteiger partial charge on any atom is 0.416 e. The number of para-hydroxylation sites is 1. The van der Waals surface area contributed by atoms with Gasteiger partial charge in [-0.2, -0.15) is 18.4 Å². The van der Waals surface area contributed by atoms with Gasteiger partial charge >= 0.3 is 6.18 Å². The number of piperazine rings is 1. The number of amides is 1. The molecule has 5 aromatic rings. The zero-order valence-electron chi connectivity index (χ0n) is 27.7. The Morgan fingerprint density at radius 1 is 0.940 bits per heavy atom. The van der Waals surface area contributed by atoms with E-state index in [1.54, 1.807) is 6.20 Å². The van der Waals surface area contributed by atoms with Crippen molar-refractivity contribution in [3.8, 4) is 11.8 Å². The first-order chi connectivity index (χ1) is 24.2. The van der Waals surface area contributed by atoms with Crippen molar-refractivity contribution >= 4 is 16.8 Å². The lowest BCUT2D eigenvalue weighted by Crippen LogP contribution is -2.49. The number of benzene rings is 4. The number of fused-ring (bicyclic) bond motifs is 1. The Morgan fingerprint density at radius 3 is 2.28 bits per heavy atom. The summed E-state index contributed by atoms with van der Waals surface area (Å²) in [4.78, 5) is 20.3. The van der Waals surface area contributed by atoms with E-state index in [4.69, 9.17) is 4.74 Å². The fourth-order valence-electron chi connectivity index (χ4n) is 5.83. The number of alkyl halides is 3. The molecule has 0 radical (unpaired) electrons. The van der Waals surface area contributed by atoms with Gasteiger partial charge in [-0.05, 0) is 73.6 Å². The van der Waals surface area contributed by atoms with Gasteiger partial charge in [-0.25, -0.2) is 4.39 Å². The lowest BCUT2D eigenvalue weighted by Gasteiger charge is -2.34. The molecule has 0 aliphatic carbocycles. The summed E-state index contributed by atoms with van der Waals surface area (Å²) in [6.45, 7) is 4.62. The number of rotatable bonds is 10. The fraction of sp³-hybridized carbons (Fsp3) is 0.282. The Balaban J connectivity index is 0.000000201. The van der Waals surface area contributed by atoms with Crippen LogP contribution in [0.3, 0.4) is 0 Å². The van der Waals surface area contributed by atoms with Crippen LogP contribution in [-0.4, -0.2) is 67.0 Å². The minimum atomic E-state index is -4.33. The Kier molecular flexibility index (Phi) is 12.3.